The Labute approximate surface area is 195 Å². The van der Waals surface area contributed by atoms with Crippen LogP contribution in [0.25, 0.3) is 0 Å². The maximum atomic E-state index is 14.1. The van der Waals surface area contributed by atoms with Gasteiger partial charge in [0.25, 0.3) is 0 Å². The molecule has 1 aliphatic heterocycles. The van der Waals surface area contributed by atoms with E-state index < -0.39 is 0 Å². The van der Waals surface area contributed by atoms with Crippen molar-refractivity contribution in [3.8, 4) is 0 Å². The first-order chi connectivity index (χ1) is 15.0. The largest absolute Gasteiger partial charge is 0.358 e. The van der Waals surface area contributed by atoms with Gasteiger partial charge in [-0.2, -0.15) is 0 Å². The fourth-order valence-corrected chi connectivity index (χ4v) is 4.53. The molecule has 5 heteroatoms. The Hall–Kier alpha value is -2.30. The lowest BCUT2D eigenvalue weighted by Crippen LogP contribution is -2.45. The van der Waals surface area contributed by atoms with Gasteiger partial charge in [0.1, 0.15) is 5.82 Å². The summed E-state index contributed by atoms with van der Waals surface area (Å²) >= 11 is 7.66. The molecule has 0 radical (unpaired) electrons. The van der Waals surface area contributed by atoms with Gasteiger partial charge in [-0.15, -0.1) is 0 Å². The van der Waals surface area contributed by atoms with Crippen LogP contribution in [0.2, 0.25) is 5.02 Å². The number of nitrogens with zero attached hydrogens (tertiary/aromatic N) is 1. The van der Waals surface area contributed by atoms with Crippen LogP contribution in [0.4, 0.5) is 4.39 Å². The average molecular weight is 457 g/mol. The Morgan fingerprint density at radius 3 is 2.71 bits per heavy atom. The Balaban J connectivity index is 2.21. The highest BCUT2D eigenvalue weighted by Gasteiger charge is 2.29. The predicted octanol–water partition coefficient (Wildman–Crippen LogP) is 7.42. The van der Waals surface area contributed by atoms with Crippen LogP contribution in [0.1, 0.15) is 25.8 Å². The third-order valence-electron chi connectivity index (χ3n) is 5.06. The molecule has 0 spiro atoms. The number of halogens is 2. The van der Waals surface area contributed by atoms with E-state index in [-0.39, 0.29) is 17.8 Å². The summed E-state index contributed by atoms with van der Waals surface area (Å²) in [5, 5.41) is 4.83. The summed E-state index contributed by atoms with van der Waals surface area (Å²) in [6.45, 7) is 12.4. The maximum Gasteiger partial charge on any atom is 0.157 e. The van der Waals surface area contributed by atoms with Crippen molar-refractivity contribution in [3.63, 3.8) is 0 Å². The molecule has 0 amide bonds. The Morgan fingerprint density at radius 1 is 1.23 bits per heavy atom. The normalized spacial score (nSPS) is 20.1. The molecule has 0 saturated carbocycles. The topological polar surface area (TPSA) is 24.4 Å². The number of nitrogens with one attached hydrogen (secondary N) is 1. The van der Waals surface area contributed by atoms with Crippen LogP contribution in [-0.2, 0) is 5.75 Å². The van der Waals surface area contributed by atoms with Crippen LogP contribution < -0.4 is 5.32 Å². The molecule has 31 heavy (non-hydrogen) atoms. The van der Waals surface area contributed by atoms with Gasteiger partial charge in [-0.3, -0.25) is 4.99 Å². The molecule has 1 aromatic carbocycles. The highest BCUT2D eigenvalue weighted by atomic mass is 35.5. The monoisotopic (exact) mass is 456 g/mol. The van der Waals surface area contributed by atoms with Crippen molar-refractivity contribution < 1.29 is 4.39 Å². The zero-order chi connectivity index (χ0) is 22.6. The minimum absolute atomic E-state index is 0.113. The predicted molar refractivity (Wildman–Crippen MR) is 136 cm³/mol. The van der Waals surface area contributed by atoms with Crippen molar-refractivity contribution in [3.05, 3.63) is 108 Å². The smallest absolute Gasteiger partial charge is 0.157 e. The van der Waals surface area contributed by atoms with Crippen molar-refractivity contribution in [2.24, 2.45) is 10.9 Å². The molecule has 1 aliphatic rings. The second kappa shape index (κ2) is 13.2. The molecular formula is C26H30ClFN2S. The molecule has 2 nitrogen and oxygen atoms in total. The molecule has 1 aromatic rings. The van der Waals surface area contributed by atoms with Crippen molar-refractivity contribution in [1.29, 1.82) is 0 Å². The lowest BCUT2D eigenvalue weighted by molar-refractivity contribution is 0.481. The summed E-state index contributed by atoms with van der Waals surface area (Å²) in [6, 6.07) is 4.88. The zero-order valence-electron chi connectivity index (χ0n) is 18.2. The Morgan fingerprint density at radius 2 is 2.00 bits per heavy atom. The van der Waals surface area contributed by atoms with E-state index in [1.54, 1.807) is 24.3 Å². The standard InChI is InChI=1S/C26H30ClFN2S/c1-5-7-9-11-14-20(4)25-21(19(3)13-10-8-6-2)17-29-26(30-25)31-18-22-23(27)15-12-16-24(22)28/h5-10,12-16,21,25H,1-2,11,17-18H2,3-4H3,(H,29,30)/b9-7-,10-8-,19-13+,20-14+/t21-,25+/m0/s1. The number of hydrogen-bond donors (Lipinski definition) is 1. The van der Waals surface area contributed by atoms with E-state index in [9.17, 15) is 4.39 Å². The van der Waals surface area contributed by atoms with E-state index in [4.69, 9.17) is 16.6 Å². The minimum atomic E-state index is -0.288. The number of amidine groups is 1. The summed E-state index contributed by atoms with van der Waals surface area (Å²) in [7, 11) is 0. The Bertz CT molecular complexity index is 907. The van der Waals surface area contributed by atoms with Gasteiger partial charge in [-0.25, -0.2) is 4.39 Å². The third kappa shape index (κ3) is 7.71. The molecule has 0 fully saturated rings. The third-order valence-corrected chi connectivity index (χ3v) is 6.37. The first kappa shape index (κ1) is 25.0. The van der Waals surface area contributed by atoms with Gasteiger partial charge >= 0.3 is 0 Å². The molecule has 2 rings (SSSR count). The van der Waals surface area contributed by atoms with Gasteiger partial charge < -0.3 is 5.32 Å². The fraction of sp³-hybridized carbons (Fsp3) is 0.269. The van der Waals surface area contributed by atoms with E-state index in [1.165, 1.54) is 29.0 Å². The van der Waals surface area contributed by atoms with Crippen LogP contribution in [-0.4, -0.2) is 17.8 Å². The Kier molecular flexibility index (Phi) is 10.6. The van der Waals surface area contributed by atoms with Crippen LogP contribution in [0.15, 0.2) is 96.1 Å². The van der Waals surface area contributed by atoms with Crippen molar-refractivity contribution in [2.45, 2.75) is 32.1 Å². The van der Waals surface area contributed by atoms with Crippen molar-refractivity contribution >= 4 is 28.5 Å². The highest BCUT2D eigenvalue weighted by Crippen LogP contribution is 2.29. The maximum absolute atomic E-state index is 14.1. The van der Waals surface area contributed by atoms with Crippen LogP contribution >= 0.6 is 23.4 Å². The lowest BCUT2D eigenvalue weighted by atomic mass is 9.86. The van der Waals surface area contributed by atoms with Gasteiger partial charge in [-0.05, 0) is 32.4 Å². The van der Waals surface area contributed by atoms with Gasteiger partial charge in [0.15, 0.2) is 5.17 Å². The zero-order valence-corrected chi connectivity index (χ0v) is 19.7. The summed E-state index contributed by atoms with van der Waals surface area (Å²) in [5.74, 6) is 0.371. The second-order valence-corrected chi connectivity index (χ2v) is 8.61. The first-order valence-electron chi connectivity index (χ1n) is 10.2. The van der Waals surface area contributed by atoms with Gasteiger partial charge in [0.05, 0.1) is 12.6 Å². The number of benzene rings is 1. The van der Waals surface area contributed by atoms with Crippen LogP contribution in [0.5, 0.6) is 0 Å². The first-order valence-corrected chi connectivity index (χ1v) is 11.6. The van der Waals surface area contributed by atoms with Gasteiger partial charge in [0, 0.05) is 22.3 Å². The number of allylic oxidation sites excluding steroid dienone is 8. The molecule has 1 heterocycles. The summed E-state index contributed by atoms with van der Waals surface area (Å²) in [4.78, 5) is 4.74. The second-order valence-electron chi connectivity index (χ2n) is 7.24. The molecule has 0 aliphatic carbocycles. The molecule has 0 saturated heterocycles. The SMILES string of the molecule is C=C/C=C\C=C(/C)[C@@H]1CN=C(SCc2c(F)cccc2Cl)N[C@@H]1/C(C)=C/C/C=C\C=C. The van der Waals surface area contributed by atoms with Gasteiger partial charge in [-0.1, -0.05) is 102 Å². The summed E-state index contributed by atoms with van der Waals surface area (Å²) < 4.78 is 14.1. The minimum Gasteiger partial charge on any atom is -0.358 e. The number of thioether (sulfide) groups is 1. The van der Waals surface area contributed by atoms with E-state index in [1.807, 2.05) is 18.2 Å². The molecule has 0 bridgehead atoms. The van der Waals surface area contributed by atoms with E-state index in [2.05, 4.69) is 50.6 Å². The van der Waals surface area contributed by atoms with E-state index >= 15 is 0 Å². The van der Waals surface area contributed by atoms with Crippen LogP contribution in [0, 0.1) is 11.7 Å². The average Bonchev–Trinajstić information content (AvgIpc) is 2.76. The quantitative estimate of drug-likeness (QED) is 0.308. The summed E-state index contributed by atoms with van der Waals surface area (Å²) in [5.41, 5.74) is 3.00. The highest BCUT2D eigenvalue weighted by molar-refractivity contribution is 8.13. The van der Waals surface area contributed by atoms with Crippen LogP contribution in [0.3, 0.4) is 0 Å². The molecule has 0 unspecified atom stereocenters. The van der Waals surface area contributed by atoms with Crippen molar-refractivity contribution in [2.75, 3.05) is 6.54 Å². The van der Waals surface area contributed by atoms with E-state index in [0.717, 1.165) is 11.6 Å². The van der Waals surface area contributed by atoms with Gasteiger partial charge in [0.2, 0.25) is 0 Å². The molecule has 164 valence electrons. The summed E-state index contributed by atoms with van der Waals surface area (Å²) in [6.07, 6.45) is 16.6. The molecule has 2 atom stereocenters. The molecule has 0 aromatic heterocycles. The molecule has 1 N–H and O–H groups in total. The number of aliphatic imine (C=N–C) groups is 1. The number of rotatable bonds is 9. The lowest BCUT2D eigenvalue weighted by Gasteiger charge is -2.34. The fourth-order valence-electron chi connectivity index (χ4n) is 3.27. The van der Waals surface area contributed by atoms with Crippen molar-refractivity contribution in [1.82, 2.24) is 5.32 Å². The van der Waals surface area contributed by atoms with E-state index in [0.29, 0.717) is 22.9 Å². The number of hydrogen-bond acceptors (Lipinski definition) is 3. The molecular weight excluding hydrogens is 427 g/mol.